The van der Waals surface area contributed by atoms with Crippen LogP contribution in [0.1, 0.15) is 5.69 Å². The molecular formula is C5H5NS. The lowest BCUT2D eigenvalue weighted by atomic mass is 10.4. The lowest BCUT2D eigenvalue weighted by Crippen LogP contribution is -1.73. The molecule has 36 valence electrons. The average Bonchev–Trinajstić information content (AvgIpc) is 2.14. The zero-order chi connectivity index (χ0) is 5.11. The Morgan fingerprint density at radius 2 is 2.71 bits per heavy atom. The molecule has 1 heterocycles. The molecule has 0 amide bonds. The van der Waals surface area contributed by atoms with Crippen LogP contribution >= 0.6 is 11.3 Å². The van der Waals surface area contributed by atoms with E-state index in [9.17, 15) is 0 Å². The van der Waals surface area contributed by atoms with E-state index >= 15 is 0 Å². The lowest BCUT2D eigenvalue weighted by Gasteiger charge is -1.76. The predicted octanol–water partition coefficient (Wildman–Crippen LogP) is 1.40. The maximum absolute atomic E-state index is 5.24. The van der Waals surface area contributed by atoms with Crippen LogP contribution in [0.4, 0.5) is 0 Å². The summed E-state index contributed by atoms with van der Waals surface area (Å²) in [6.45, 7) is 5.24. The quantitative estimate of drug-likeness (QED) is 0.533. The molecule has 0 bridgehead atoms. The summed E-state index contributed by atoms with van der Waals surface area (Å²) in [6, 6.07) is 0. The van der Waals surface area contributed by atoms with Gasteiger partial charge >= 0.3 is 0 Å². The molecule has 0 saturated heterocycles. The molecule has 2 radical (unpaired) electrons. The van der Waals surface area contributed by atoms with Crippen molar-refractivity contribution >= 4 is 11.3 Å². The Labute approximate surface area is 47.0 Å². The van der Waals surface area contributed by atoms with E-state index < -0.39 is 0 Å². The van der Waals surface area contributed by atoms with Gasteiger partial charge in [0.1, 0.15) is 0 Å². The number of rotatable bonds is 1. The minimum Gasteiger partial charge on any atom is -0.250 e. The maximum Gasteiger partial charge on any atom is 0.0794 e. The minimum atomic E-state index is 0.559. The Hall–Kier alpha value is -0.370. The number of nitrogens with zero attached hydrogens (tertiary/aromatic N) is 1. The van der Waals surface area contributed by atoms with Crippen LogP contribution in [-0.4, -0.2) is 4.98 Å². The fourth-order valence-electron chi connectivity index (χ4n) is 0.338. The fraction of sp³-hybridized carbons (Fsp3) is 0.200. The molecule has 1 aromatic rings. The van der Waals surface area contributed by atoms with Crippen LogP contribution in [0.2, 0.25) is 0 Å². The van der Waals surface area contributed by atoms with Gasteiger partial charge in [0.2, 0.25) is 0 Å². The SMILES string of the molecule is [CH]Cc1cscn1. The summed E-state index contributed by atoms with van der Waals surface area (Å²) in [7, 11) is 0. The van der Waals surface area contributed by atoms with Crippen LogP contribution in [0.3, 0.4) is 0 Å². The van der Waals surface area contributed by atoms with E-state index in [4.69, 9.17) is 6.92 Å². The molecule has 0 unspecified atom stereocenters. The minimum absolute atomic E-state index is 0.559. The van der Waals surface area contributed by atoms with Gasteiger partial charge in [-0.3, -0.25) is 0 Å². The van der Waals surface area contributed by atoms with E-state index in [1.54, 1.807) is 16.8 Å². The highest BCUT2D eigenvalue weighted by Gasteiger charge is 1.84. The summed E-state index contributed by atoms with van der Waals surface area (Å²) in [4.78, 5) is 3.93. The van der Waals surface area contributed by atoms with Gasteiger partial charge in [0, 0.05) is 5.38 Å². The van der Waals surface area contributed by atoms with Crippen molar-refractivity contribution < 1.29 is 0 Å². The third-order valence-corrected chi connectivity index (χ3v) is 1.33. The van der Waals surface area contributed by atoms with Crippen LogP contribution in [0.25, 0.3) is 0 Å². The normalized spacial score (nSPS) is 9.29. The van der Waals surface area contributed by atoms with Gasteiger partial charge in [0.15, 0.2) is 0 Å². The second-order valence-corrected chi connectivity index (χ2v) is 1.90. The van der Waals surface area contributed by atoms with Gasteiger partial charge in [0.05, 0.1) is 11.2 Å². The summed E-state index contributed by atoms with van der Waals surface area (Å²) in [5.41, 5.74) is 2.76. The number of aromatic nitrogens is 1. The molecule has 0 spiro atoms. The topological polar surface area (TPSA) is 12.9 Å². The van der Waals surface area contributed by atoms with Crippen LogP contribution < -0.4 is 0 Å². The first-order chi connectivity index (χ1) is 3.43. The standard InChI is InChI=1S/C5H5NS/c1-2-5-3-7-4-6-5/h1,3-4H,2H2. The van der Waals surface area contributed by atoms with E-state index in [0.717, 1.165) is 5.69 Å². The third kappa shape index (κ3) is 0.996. The van der Waals surface area contributed by atoms with Gasteiger partial charge in [0.25, 0.3) is 0 Å². The molecule has 7 heavy (non-hydrogen) atoms. The summed E-state index contributed by atoms with van der Waals surface area (Å²) < 4.78 is 0. The lowest BCUT2D eigenvalue weighted by molar-refractivity contribution is 1.15. The third-order valence-electron chi connectivity index (χ3n) is 0.693. The molecule has 0 aromatic carbocycles. The highest BCUT2D eigenvalue weighted by atomic mass is 32.1. The molecule has 0 atom stereocenters. The fourth-order valence-corrected chi connectivity index (χ4v) is 0.910. The van der Waals surface area contributed by atoms with Crippen LogP contribution in [0.5, 0.6) is 0 Å². The van der Waals surface area contributed by atoms with Crippen LogP contribution in [0.15, 0.2) is 10.9 Å². The highest BCUT2D eigenvalue weighted by Crippen LogP contribution is 1.99. The van der Waals surface area contributed by atoms with Crippen molar-refractivity contribution in [3.05, 3.63) is 23.5 Å². The smallest absolute Gasteiger partial charge is 0.0794 e. The Kier molecular flexibility index (Phi) is 1.42. The van der Waals surface area contributed by atoms with Crippen molar-refractivity contribution in [3.63, 3.8) is 0 Å². The van der Waals surface area contributed by atoms with Gasteiger partial charge in [-0.05, 0) is 13.3 Å². The highest BCUT2D eigenvalue weighted by molar-refractivity contribution is 7.07. The van der Waals surface area contributed by atoms with Gasteiger partial charge in [-0.25, -0.2) is 4.98 Å². The molecule has 1 rings (SSSR count). The van der Waals surface area contributed by atoms with Gasteiger partial charge < -0.3 is 0 Å². The molecule has 0 N–H and O–H groups in total. The van der Waals surface area contributed by atoms with Crippen molar-refractivity contribution in [2.75, 3.05) is 0 Å². The molecule has 0 aliphatic heterocycles. The first kappa shape index (κ1) is 4.78. The van der Waals surface area contributed by atoms with E-state index in [0.29, 0.717) is 6.42 Å². The zero-order valence-electron chi connectivity index (χ0n) is 3.79. The number of hydrogen-bond acceptors (Lipinski definition) is 2. The molecule has 0 fully saturated rings. The van der Waals surface area contributed by atoms with E-state index in [2.05, 4.69) is 4.98 Å². The maximum atomic E-state index is 5.24. The van der Waals surface area contributed by atoms with Crippen molar-refractivity contribution in [1.29, 1.82) is 0 Å². The summed E-state index contributed by atoms with van der Waals surface area (Å²) in [5.74, 6) is 0. The Bertz CT molecular complexity index is 123. The molecular weight excluding hydrogens is 106 g/mol. The second-order valence-electron chi connectivity index (χ2n) is 1.18. The summed E-state index contributed by atoms with van der Waals surface area (Å²) >= 11 is 1.57. The first-order valence-corrected chi connectivity index (χ1v) is 2.95. The van der Waals surface area contributed by atoms with Crippen LogP contribution in [0, 0.1) is 6.92 Å². The van der Waals surface area contributed by atoms with Crippen molar-refractivity contribution in [1.82, 2.24) is 4.98 Å². The first-order valence-electron chi connectivity index (χ1n) is 2.00. The molecule has 1 nitrogen and oxygen atoms in total. The number of thiazole rings is 1. The Morgan fingerprint density at radius 1 is 1.86 bits per heavy atom. The predicted molar refractivity (Wildman–Crippen MR) is 30.1 cm³/mol. The van der Waals surface area contributed by atoms with Crippen molar-refractivity contribution in [2.45, 2.75) is 6.42 Å². The second kappa shape index (κ2) is 2.07. The summed E-state index contributed by atoms with van der Waals surface area (Å²) in [5, 5.41) is 1.94. The van der Waals surface area contributed by atoms with E-state index in [-0.39, 0.29) is 0 Å². The van der Waals surface area contributed by atoms with Crippen molar-refractivity contribution in [2.24, 2.45) is 0 Å². The monoisotopic (exact) mass is 111 g/mol. The van der Waals surface area contributed by atoms with E-state index in [1.807, 2.05) is 5.38 Å². The number of hydrogen-bond donors (Lipinski definition) is 0. The Balaban J connectivity index is 2.76. The zero-order valence-corrected chi connectivity index (χ0v) is 4.61. The van der Waals surface area contributed by atoms with E-state index in [1.165, 1.54) is 0 Å². The molecule has 1 aromatic heterocycles. The van der Waals surface area contributed by atoms with Gasteiger partial charge in [-0.15, -0.1) is 11.3 Å². The average molecular weight is 111 g/mol. The molecule has 0 aliphatic carbocycles. The van der Waals surface area contributed by atoms with Crippen LogP contribution in [-0.2, 0) is 6.42 Å². The summed E-state index contributed by atoms with van der Waals surface area (Å²) in [6.07, 6.45) is 0.559. The molecule has 0 aliphatic rings. The van der Waals surface area contributed by atoms with Gasteiger partial charge in [-0.2, -0.15) is 0 Å². The molecule has 2 heteroatoms. The largest absolute Gasteiger partial charge is 0.250 e. The van der Waals surface area contributed by atoms with Gasteiger partial charge in [-0.1, -0.05) is 0 Å². The van der Waals surface area contributed by atoms with Crippen molar-refractivity contribution in [3.8, 4) is 0 Å². The molecule has 0 saturated carbocycles. The Morgan fingerprint density at radius 3 is 3.00 bits per heavy atom.